The normalized spacial score (nSPS) is 10.0. The molecular weight excluding hydrogens is 322 g/mol. The van der Waals surface area contributed by atoms with Crippen LogP contribution in [0.5, 0.6) is 11.5 Å². The molecule has 0 heterocycles. The van der Waals surface area contributed by atoms with Crippen LogP contribution in [0.1, 0.15) is 12.5 Å². The van der Waals surface area contributed by atoms with E-state index in [1.807, 2.05) is 32.0 Å². The summed E-state index contributed by atoms with van der Waals surface area (Å²) in [5.74, 6) is 0.271. The van der Waals surface area contributed by atoms with Crippen LogP contribution in [-0.4, -0.2) is 31.7 Å². The number of hydrogen-bond donors (Lipinski definition) is 1. The minimum atomic E-state index is -0.608. The van der Waals surface area contributed by atoms with Gasteiger partial charge in [0.15, 0.2) is 13.2 Å². The molecule has 0 aliphatic heterocycles. The van der Waals surface area contributed by atoms with Gasteiger partial charge < -0.3 is 19.5 Å². The summed E-state index contributed by atoms with van der Waals surface area (Å²) in [5.41, 5.74) is 1.63. The molecule has 0 unspecified atom stereocenters. The van der Waals surface area contributed by atoms with E-state index in [1.165, 1.54) is 0 Å². The lowest BCUT2D eigenvalue weighted by Gasteiger charge is -2.09. The lowest BCUT2D eigenvalue weighted by Crippen LogP contribution is -2.23. The predicted molar refractivity (Wildman–Crippen MR) is 93.9 cm³/mol. The average Bonchev–Trinajstić information content (AvgIpc) is 2.60. The van der Waals surface area contributed by atoms with Crippen molar-refractivity contribution in [1.82, 2.24) is 0 Å². The Balaban J connectivity index is 1.71. The fraction of sp³-hybridized carbons (Fsp3) is 0.263. The van der Waals surface area contributed by atoms with Gasteiger partial charge >= 0.3 is 5.97 Å². The van der Waals surface area contributed by atoms with Gasteiger partial charge in [0.25, 0.3) is 5.91 Å². The molecule has 0 spiro atoms. The number of nitrogens with one attached hydrogen (secondary N) is 1. The number of ether oxygens (including phenoxy) is 3. The minimum absolute atomic E-state index is 0.250. The van der Waals surface area contributed by atoms with E-state index in [2.05, 4.69) is 5.32 Å². The number of carbonyl (C=O) groups is 2. The Kier molecular flexibility index (Phi) is 6.83. The molecule has 2 aromatic carbocycles. The van der Waals surface area contributed by atoms with E-state index in [0.717, 1.165) is 11.3 Å². The second-order valence-electron chi connectivity index (χ2n) is 5.27. The van der Waals surface area contributed by atoms with Crippen molar-refractivity contribution in [2.45, 2.75) is 13.8 Å². The van der Waals surface area contributed by atoms with Crippen molar-refractivity contribution < 1.29 is 23.8 Å². The average molecular weight is 343 g/mol. The number of esters is 1. The summed E-state index contributed by atoms with van der Waals surface area (Å²) >= 11 is 0. The maximum Gasteiger partial charge on any atom is 0.344 e. The van der Waals surface area contributed by atoms with Gasteiger partial charge in [0.05, 0.1) is 6.61 Å². The molecule has 0 saturated heterocycles. The summed E-state index contributed by atoms with van der Waals surface area (Å²) in [5, 5.41) is 2.64. The van der Waals surface area contributed by atoms with Crippen LogP contribution < -0.4 is 14.8 Å². The van der Waals surface area contributed by atoms with Gasteiger partial charge in [-0.05, 0) is 55.8 Å². The van der Waals surface area contributed by atoms with Crippen LogP contribution in [0.15, 0.2) is 48.5 Å². The Bertz CT molecular complexity index is 712. The van der Waals surface area contributed by atoms with Gasteiger partial charge in [-0.25, -0.2) is 4.79 Å². The largest absolute Gasteiger partial charge is 0.494 e. The van der Waals surface area contributed by atoms with Gasteiger partial charge in [-0.3, -0.25) is 4.79 Å². The number of hydrogen-bond acceptors (Lipinski definition) is 5. The van der Waals surface area contributed by atoms with Crippen LogP contribution >= 0.6 is 0 Å². The Morgan fingerprint density at radius 2 is 1.72 bits per heavy atom. The van der Waals surface area contributed by atoms with Crippen molar-refractivity contribution in [2.24, 2.45) is 0 Å². The molecule has 132 valence electrons. The lowest BCUT2D eigenvalue weighted by atomic mass is 10.2. The summed E-state index contributed by atoms with van der Waals surface area (Å²) in [7, 11) is 0. The number of benzene rings is 2. The Morgan fingerprint density at radius 1 is 0.960 bits per heavy atom. The fourth-order valence-electron chi connectivity index (χ4n) is 2.03. The molecular formula is C19H21NO5. The van der Waals surface area contributed by atoms with Crippen molar-refractivity contribution in [3.05, 3.63) is 54.1 Å². The highest BCUT2D eigenvalue weighted by Gasteiger charge is 2.09. The first kappa shape index (κ1) is 18.3. The van der Waals surface area contributed by atoms with Crippen molar-refractivity contribution in [3.63, 3.8) is 0 Å². The number of amides is 1. The zero-order valence-electron chi connectivity index (χ0n) is 14.3. The van der Waals surface area contributed by atoms with Crippen molar-refractivity contribution >= 4 is 17.6 Å². The zero-order chi connectivity index (χ0) is 18.1. The zero-order valence-corrected chi connectivity index (χ0v) is 14.3. The summed E-state index contributed by atoms with van der Waals surface area (Å²) < 4.78 is 15.5. The number of carbonyl (C=O) groups excluding carboxylic acids is 2. The van der Waals surface area contributed by atoms with Crippen molar-refractivity contribution in [1.29, 1.82) is 0 Å². The first-order valence-corrected chi connectivity index (χ1v) is 7.94. The van der Waals surface area contributed by atoms with Crippen LogP contribution in [0.2, 0.25) is 0 Å². The van der Waals surface area contributed by atoms with E-state index in [0.29, 0.717) is 18.0 Å². The number of rotatable bonds is 8. The van der Waals surface area contributed by atoms with Gasteiger partial charge in [-0.1, -0.05) is 12.1 Å². The standard InChI is InChI=1S/C19H21NO5/c1-3-23-16-9-7-15(8-10-16)20-18(21)12-25-19(22)13-24-17-6-4-5-14(2)11-17/h4-11H,3,12-13H2,1-2H3,(H,20,21). The predicted octanol–water partition coefficient (Wildman–Crippen LogP) is 2.95. The van der Waals surface area contributed by atoms with E-state index in [-0.39, 0.29) is 13.2 Å². The van der Waals surface area contributed by atoms with Crippen LogP contribution in [0.3, 0.4) is 0 Å². The Morgan fingerprint density at radius 3 is 2.40 bits per heavy atom. The Labute approximate surface area is 146 Å². The number of aryl methyl sites for hydroxylation is 1. The third-order valence-electron chi connectivity index (χ3n) is 3.16. The molecule has 6 nitrogen and oxygen atoms in total. The molecule has 0 fully saturated rings. The SMILES string of the molecule is CCOc1ccc(NC(=O)COC(=O)COc2cccc(C)c2)cc1. The van der Waals surface area contributed by atoms with E-state index in [9.17, 15) is 9.59 Å². The second-order valence-corrected chi connectivity index (χ2v) is 5.27. The summed E-state index contributed by atoms with van der Waals surface area (Å²) in [6, 6.07) is 14.3. The first-order chi connectivity index (χ1) is 12.1. The molecule has 0 aromatic heterocycles. The first-order valence-electron chi connectivity index (χ1n) is 7.94. The Hall–Kier alpha value is -3.02. The molecule has 2 aromatic rings. The molecule has 0 aliphatic carbocycles. The quantitative estimate of drug-likeness (QED) is 0.746. The number of anilines is 1. The molecule has 1 amide bonds. The highest BCUT2D eigenvalue weighted by atomic mass is 16.6. The summed E-state index contributed by atoms with van der Waals surface area (Å²) in [6.45, 7) is 3.78. The smallest absolute Gasteiger partial charge is 0.344 e. The van der Waals surface area contributed by atoms with Crippen LogP contribution in [0.25, 0.3) is 0 Å². The third-order valence-corrected chi connectivity index (χ3v) is 3.16. The van der Waals surface area contributed by atoms with Gasteiger partial charge in [0.2, 0.25) is 0 Å². The molecule has 25 heavy (non-hydrogen) atoms. The lowest BCUT2D eigenvalue weighted by molar-refractivity contribution is -0.149. The van der Waals surface area contributed by atoms with Crippen LogP contribution in [0.4, 0.5) is 5.69 Å². The molecule has 1 N–H and O–H groups in total. The maximum atomic E-state index is 11.8. The van der Waals surface area contributed by atoms with E-state index in [1.54, 1.807) is 30.3 Å². The summed E-state index contributed by atoms with van der Waals surface area (Å²) in [4.78, 5) is 23.4. The van der Waals surface area contributed by atoms with Crippen molar-refractivity contribution in [3.8, 4) is 11.5 Å². The highest BCUT2D eigenvalue weighted by molar-refractivity contribution is 5.92. The molecule has 0 aliphatic rings. The van der Waals surface area contributed by atoms with E-state index < -0.39 is 11.9 Å². The molecule has 0 atom stereocenters. The van der Waals surface area contributed by atoms with Gasteiger partial charge in [-0.2, -0.15) is 0 Å². The van der Waals surface area contributed by atoms with Crippen molar-refractivity contribution in [2.75, 3.05) is 25.1 Å². The monoisotopic (exact) mass is 343 g/mol. The fourth-order valence-corrected chi connectivity index (χ4v) is 2.03. The van der Waals surface area contributed by atoms with Gasteiger partial charge in [0.1, 0.15) is 11.5 Å². The third kappa shape index (κ3) is 6.55. The van der Waals surface area contributed by atoms with Crippen LogP contribution in [-0.2, 0) is 14.3 Å². The van der Waals surface area contributed by atoms with E-state index >= 15 is 0 Å². The second kappa shape index (κ2) is 9.32. The minimum Gasteiger partial charge on any atom is -0.494 e. The van der Waals surface area contributed by atoms with Crippen LogP contribution in [0, 0.1) is 6.92 Å². The maximum absolute atomic E-state index is 11.8. The molecule has 0 bridgehead atoms. The summed E-state index contributed by atoms with van der Waals surface area (Å²) in [6.07, 6.45) is 0. The van der Waals surface area contributed by atoms with E-state index in [4.69, 9.17) is 14.2 Å². The topological polar surface area (TPSA) is 73.9 Å². The molecule has 0 radical (unpaired) electrons. The molecule has 6 heteroatoms. The highest BCUT2D eigenvalue weighted by Crippen LogP contribution is 2.15. The van der Waals surface area contributed by atoms with Gasteiger partial charge in [-0.15, -0.1) is 0 Å². The molecule has 0 saturated carbocycles. The van der Waals surface area contributed by atoms with Gasteiger partial charge in [0, 0.05) is 5.69 Å². The molecule has 2 rings (SSSR count).